The molecule has 1 aromatic rings. The Morgan fingerprint density at radius 2 is 2.15 bits per heavy atom. The van der Waals surface area contributed by atoms with Crippen molar-refractivity contribution in [1.82, 2.24) is 4.90 Å². The van der Waals surface area contributed by atoms with Crippen molar-refractivity contribution in [2.45, 2.75) is 19.9 Å². The van der Waals surface area contributed by atoms with Crippen molar-refractivity contribution >= 4 is 11.4 Å². The molecule has 0 aliphatic carbocycles. The zero-order chi connectivity index (χ0) is 14.5. The summed E-state index contributed by atoms with van der Waals surface area (Å²) < 4.78 is 5.32. The lowest BCUT2D eigenvalue weighted by molar-refractivity contribution is -0.385. The topological polar surface area (TPSA) is 67.6 Å². The van der Waals surface area contributed by atoms with Crippen LogP contribution in [0.2, 0.25) is 0 Å². The number of hydrogen-bond donors (Lipinski definition) is 1. The fourth-order valence-corrected chi connectivity index (χ4v) is 2.46. The molecule has 1 fully saturated rings. The number of benzene rings is 1. The predicted octanol–water partition coefficient (Wildman–Crippen LogP) is 2.04. The largest absolute Gasteiger partial charge is 0.381 e. The summed E-state index contributed by atoms with van der Waals surface area (Å²) in [5, 5.41) is 14.3. The molecule has 1 atom stereocenters. The van der Waals surface area contributed by atoms with Crippen LogP contribution in [0.1, 0.15) is 12.5 Å². The summed E-state index contributed by atoms with van der Waals surface area (Å²) in [4.78, 5) is 12.9. The lowest BCUT2D eigenvalue weighted by atomic mass is 10.1. The zero-order valence-corrected chi connectivity index (χ0v) is 12.0. The van der Waals surface area contributed by atoms with E-state index in [1.54, 1.807) is 13.0 Å². The Hall–Kier alpha value is -1.66. The van der Waals surface area contributed by atoms with Crippen LogP contribution >= 0.6 is 0 Å². The van der Waals surface area contributed by atoms with Gasteiger partial charge in [-0.25, -0.2) is 0 Å². The van der Waals surface area contributed by atoms with Gasteiger partial charge in [-0.1, -0.05) is 6.07 Å². The fourth-order valence-electron chi connectivity index (χ4n) is 2.46. The number of hydrogen-bond acceptors (Lipinski definition) is 5. The van der Waals surface area contributed by atoms with Gasteiger partial charge in [-0.15, -0.1) is 0 Å². The van der Waals surface area contributed by atoms with Crippen molar-refractivity contribution in [2.75, 3.05) is 38.2 Å². The van der Waals surface area contributed by atoms with Crippen molar-refractivity contribution < 1.29 is 9.66 Å². The fraction of sp³-hybridized carbons (Fsp3) is 0.571. The second-order valence-corrected chi connectivity index (χ2v) is 5.17. The average molecular weight is 279 g/mol. The molecule has 1 heterocycles. The maximum Gasteiger partial charge on any atom is 0.274 e. The van der Waals surface area contributed by atoms with Gasteiger partial charge in [-0.3, -0.25) is 15.0 Å². The molecule has 1 saturated heterocycles. The number of rotatable bonds is 5. The molecule has 110 valence electrons. The monoisotopic (exact) mass is 279 g/mol. The maximum atomic E-state index is 10.9. The molecule has 0 aromatic heterocycles. The molecule has 0 amide bonds. The molecule has 1 unspecified atom stereocenters. The quantitative estimate of drug-likeness (QED) is 0.660. The van der Waals surface area contributed by atoms with Gasteiger partial charge in [-0.2, -0.15) is 0 Å². The van der Waals surface area contributed by atoms with Crippen LogP contribution < -0.4 is 5.32 Å². The van der Waals surface area contributed by atoms with E-state index in [9.17, 15) is 10.1 Å². The third-order valence-electron chi connectivity index (χ3n) is 3.54. The summed E-state index contributed by atoms with van der Waals surface area (Å²) in [6, 6.07) is 5.37. The summed E-state index contributed by atoms with van der Waals surface area (Å²) >= 11 is 0. The van der Waals surface area contributed by atoms with E-state index in [4.69, 9.17) is 4.74 Å². The van der Waals surface area contributed by atoms with Crippen molar-refractivity contribution in [3.05, 3.63) is 33.9 Å². The lowest BCUT2D eigenvalue weighted by Crippen LogP contribution is -2.42. The summed E-state index contributed by atoms with van der Waals surface area (Å²) in [5.74, 6) is 0. The normalized spacial score (nSPS) is 17.7. The lowest BCUT2D eigenvalue weighted by Gasteiger charge is -2.30. The van der Waals surface area contributed by atoms with Crippen LogP contribution in [0.3, 0.4) is 0 Å². The number of nitro groups is 1. The molecule has 6 nitrogen and oxygen atoms in total. The average Bonchev–Trinajstić information content (AvgIpc) is 2.42. The molecular formula is C14H21N3O3. The molecule has 20 heavy (non-hydrogen) atoms. The predicted molar refractivity (Wildman–Crippen MR) is 78.2 cm³/mol. The van der Waals surface area contributed by atoms with Gasteiger partial charge in [0.15, 0.2) is 0 Å². The SMILES string of the molecule is Cc1c(NC(C)CN2CCOCC2)cccc1[N+](=O)[O-]. The van der Waals surface area contributed by atoms with Crippen LogP contribution in [0.5, 0.6) is 0 Å². The highest BCUT2D eigenvalue weighted by Crippen LogP contribution is 2.25. The van der Waals surface area contributed by atoms with Gasteiger partial charge in [0.1, 0.15) is 0 Å². The first-order chi connectivity index (χ1) is 9.58. The van der Waals surface area contributed by atoms with E-state index in [-0.39, 0.29) is 16.7 Å². The molecule has 1 aliphatic heterocycles. The number of nitrogens with zero attached hydrogens (tertiary/aromatic N) is 2. The molecule has 0 spiro atoms. The van der Waals surface area contributed by atoms with Crippen LogP contribution in [0.15, 0.2) is 18.2 Å². The molecular weight excluding hydrogens is 258 g/mol. The molecule has 1 N–H and O–H groups in total. The number of nitrogens with one attached hydrogen (secondary N) is 1. The minimum atomic E-state index is -0.340. The van der Waals surface area contributed by atoms with E-state index < -0.39 is 0 Å². The summed E-state index contributed by atoms with van der Waals surface area (Å²) in [6.07, 6.45) is 0. The Balaban J connectivity index is 1.98. The second-order valence-electron chi connectivity index (χ2n) is 5.17. The molecule has 0 saturated carbocycles. The number of morpholine rings is 1. The second kappa shape index (κ2) is 6.67. The summed E-state index contributed by atoms with van der Waals surface area (Å²) in [7, 11) is 0. The Morgan fingerprint density at radius 3 is 2.80 bits per heavy atom. The molecule has 1 aliphatic rings. The molecule has 1 aromatic carbocycles. The van der Waals surface area contributed by atoms with Gasteiger partial charge in [0.05, 0.1) is 18.1 Å². The molecule has 0 radical (unpaired) electrons. The maximum absolute atomic E-state index is 10.9. The smallest absolute Gasteiger partial charge is 0.274 e. The minimum Gasteiger partial charge on any atom is -0.381 e. The first-order valence-electron chi connectivity index (χ1n) is 6.88. The van der Waals surface area contributed by atoms with Crippen LogP contribution in [0.25, 0.3) is 0 Å². The highest BCUT2D eigenvalue weighted by atomic mass is 16.6. The van der Waals surface area contributed by atoms with Gasteiger partial charge in [0, 0.05) is 43.0 Å². The minimum absolute atomic E-state index is 0.161. The molecule has 2 rings (SSSR count). The Labute approximate surface area is 118 Å². The van der Waals surface area contributed by atoms with E-state index in [0.717, 1.165) is 38.5 Å². The van der Waals surface area contributed by atoms with E-state index in [1.165, 1.54) is 6.07 Å². The van der Waals surface area contributed by atoms with Gasteiger partial charge >= 0.3 is 0 Å². The summed E-state index contributed by atoms with van der Waals surface area (Å²) in [6.45, 7) is 8.23. The highest BCUT2D eigenvalue weighted by molar-refractivity contribution is 5.60. The van der Waals surface area contributed by atoms with E-state index in [1.807, 2.05) is 6.07 Å². The van der Waals surface area contributed by atoms with Gasteiger partial charge in [-0.05, 0) is 19.9 Å². The first kappa shape index (κ1) is 14.7. The van der Waals surface area contributed by atoms with Crippen molar-refractivity contribution in [3.63, 3.8) is 0 Å². The van der Waals surface area contributed by atoms with Crippen molar-refractivity contribution in [3.8, 4) is 0 Å². The Kier molecular flexibility index (Phi) is 4.92. The number of ether oxygens (including phenoxy) is 1. The first-order valence-corrected chi connectivity index (χ1v) is 6.88. The van der Waals surface area contributed by atoms with Crippen LogP contribution in [-0.2, 0) is 4.74 Å². The van der Waals surface area contributed by atoms with E-state index in [0.29, 0.717) is 5.56 Å². The Morgan fingerprint density at radius 1 is 1.45 bits per heavy atom. The summed E-state index contributed by atoms with van der Waals surface area (Å²) in [5.41, 5.74) is 1.68. The Bertz CT molecular complexity index is 473. The van der Waals surface area contributed by atoms with Crippen molar-refractivity contribution in [2.24, 2.45) is 0 Å². The molecule has 6 heteroatoms. The van der Waals surface area contributed by atoms with Crippen LogP contribution in [0.4, 0.5) is 11.4 Å². The van der Waals surface area contributed by atoms with Crippen LogP contribution in [-0.4, -0.2) is 48.7 Å². The van der Waals surface area contributed by atoms with Gasteiger partial charge < -0.3 is 10.1 Å². The molecule has 0 bridgehead atoms. The van der Waals surface area contributed by atoms with Crippen molar-refractivity contribution in [1.29, 1.82) is 0 Å². The van der Waals surface area contributed by atoms with Gasteiger partial charge in [0.25, 0.3) is 5.69 Å². The highest BCUT2D eigenvalue weighted by Gasteiger charge is 2.17. The van der Waals surface area contributed by atoms with E-state index in [2.05, 4.69) is 17.1 Å². The van der Waals surface area contributed by atoms with Crippen LogP contribution in [0, 0.1) is 17.0 Å². The van der Waals surface area contributed by atoms with Gasteiger partial charge in [0.2, 0.25) is 0 Å². The number of nitro benzene ring substituents is 1. The zero-order valence-electron chi connectivity index (χ0n) is 12.0. The van der Waals surface area contributed by atoms with E-state index >= 15 is 0 Å². The number of anilines is 1. The standard InChI is InChI=1S/C14H21N3O3/c1-11(10-16-6-8-20-9-7-16)15-13-4-3-5-14(12(13)2)17(18)19/h3-5,11,15H,6-10H2,1-2H3. The third-order valence-corrected chi connectivity index (χ3v) is 3.54. The third kappa shape index (κ3) is 3.68.